The highest BCUT2D eigenvalue weighted by Gasteiger charge is 2.26. The minimum atomic E-state index is -4.22. The van der Waals surface area contributed by atoms with Crippen LogP contribution in [0.25, 0.3) is 11.1 Å². The lowest BCUT2D eigenvalue weighted by Crippen LogP contribution is -2.44. The van der Waals surface area contributed by atoms with Gasteiger partial charge in [-0.2, -0.15) is 12.6 Å². The molecule has 0 aromatic heterocycles. The molecular formula is C31H43N3O6S2. The fraction of sp³-hybridized carbons (Fsp3) is 0.516. The van der Waals surface area contributed by atoms with Crippen molar-refractivity contribution >= 4 is 40.4 Å². The molecule has 2 aromatic carbocycles. The lowest BCUT2D eigenvalue weighted by atomic mass is 9.94. The Morgan fingerprint density at radius 3 is 2.26 bits per heavy atom. The number of nitrogens with one attached hydrogen (secondary N) is 1. The molecule has 0 bridgehead atoms. The first-order chi connectivity index (χ1) is 20.1. The van der Waals surface area contributed by atoms with Crippen molar-refractivity contribution < 1.29 is 27.9 Å². The number of hydrogen-bond donors (Lipinski definition) is 3. The van der Waals surface area contributed by atoms with Gasteiger partial charge in [0.2, 0.25) is 11.8 Å². The molecule has 1 atom stereocenters. The van der Waals surface area contributed by atoms with Gasteiger partial charge in [0.25, 0.3) is 15.9 Å². The summed E-state index contributed by atoms with van der Waals surface area (Å²) in [5, 5.41) is 9.44. The molecule has 1 unspecified atom stereocenters. The van der Waals surface area contributed by atoms with Crippen LogP contribution in [0, 0.1) is 0 Å². The van der Waals surface area contributed by atoms with Crippen LogP contribution < -0.4 is 4.72 Å². The lowest BCUT2D eigenvalue weighted by molar-refractivity contribution is -0.136. The standard InChI is InChI=1S/C31H43N3O6S2/c1-3-9-29(36)33(19-18-30(37)34(20-21-41)26-10-5-4-6-11-26)22-24-14-16-25(17-15-24)27-12-7-8-13-28(27)42(39,40)32-31(38)23(2)35/h7-8,12-17,23,26,35,41H,3-6,9-11,18-22H2,1-2H3,(H,32,38). The monoisotopic (exact) mass is 617 g/mol. The Bertz CT molecular complexity index is 1310. The zero-order chi connectivity index (χ0) is 30.7. The van der Waals surface area contributed by atoms with Crippen LogP contribution in [0.2, 0.25) is 0 Å². The molecule has 0 spiro atoms. The smallest absolute Gasteiger partial charge is 0.264 e. The van der Waals surface area contributed by atoms with Crippen molar-refractivity contribution in [2.24, 2.45) is 0 Å². The van der Waals surface area contributed by atoms with Gasteiger partial charge in [-0.1, -0.05) is 68.7 Å². The lowest BCUT2D eigenvalue weighted by Gasteiger charge is -2.35. The predicted octanol–water partition coefficient (Wildman–Crippen LogP) is 4.15. The quantitative estimate of drug-likeness (QED) is 0.274. The Balaban J connectivity index is 1.75. The number of sulfonamides is 1. The van der Waals surface area contributed by atoms with Crippen LogP contribution in [-0.2, 0) is 31.0 Å². The van der Waals surface area contributed by atoms with Gasteiger partial charge in [-0.15, -0.1) is 0 Å². The van der Waals surface area contributed by atoms with Crippen LogP contribution in [0.4, 0.5) is 0 Å². The normalized spacial score (nSPS) is 14.7. The minimum absolute atomic E-state index is 0.0157. The van der Waals surface area contributed by atoms with Crippen LogP contribution in [0.15, 0.2) is 53.4 Å². The number of aliphatic hydroxyl groups excluding tert-OH is 1. The van der Waals surface area contributed by atoms with E-state index < -0.39 is 22.0 Å². The van der Waals surface area contributed by atoms with E-state index in [1.165, 1.54) is 19.4 Å². The fourth-order valence-electron chi connectivity index (χ4n) is 5.27. The third kappa shape index (κ3) is 9.31. The van der Waals surface area contributed by atoms with Crippen molar-refractivity contribution in [1.82, 2.24) is 14.5 Å². The Labute approximate surface area is 255 Å². The first-order valence-corrected chi connectivity index (χ1v) is 16.8. The second-order valence-corrected chi connectivity index (χ2v) is 12.9. The van der Waals surface area contributed by atoms with Gasteiger partial charge in [-0.3, -0.25) is 14.4 Å². The van der Waals surface area contributed by atoms with Gasteiger partial charge in [0, 0.05) is 49.8 Å². The van der Waals surface area contributed by atoms with E-state index in [4.69, 9.17) is 0 Å². The summed E-state index contributed by atoms with van der Waals surface area (Å²) in [7, 11) is -4.22. The Hall–Kier alpha value is -2.89. The van der Waals surface area contributed by atoms with Crippen molar-refractivity contribution in [2.45, 2.75) is 88.8 Å². The van der Waals surface area contributed by atoms with Gasteiger partial charge < -0.3 is 14.9 Å². The number of nitrogens with zero attached hydrogens (tertiary/aromatic N) is 2. The molecule has 0 saturated heterocycles. The maximum absolute atomic E-state index is 13.3. The number of amides is 3. The van der Waals surface area contributed by atoms with Crippen molar-refractivity contribution in [1.29, 1.82) is 0 Å². The van der Waals surface area contributed by atoms with Crippen LogP contribution in [-0.4, -0.2) is 72.0 Å². The SMILES string of the molecule is CCCC(=O)N(CCC(=O)N(CCS)C1CCCCC1)Cc1ccc(-c2ccccc2S(=O)(=O)NC(=O)C(C)O)cc1. The average Bonchev–Trinajstić information content (AvgIpc) is 2.98. The second kappa shape index (κ2) is 16.1. The van der Waals surface area contributed by atoms with E-state index in [-0.39, 0.29) is 29.2 Å². The van der Waals surface area contributed by atoms with Crippen LogP contribution >= 0.6 is 12.6 Å². The van der Waals surface area contributed by atoms with Crippen LogP contribution in [0.5, 0.6) is 0 Å². The summed E-state index contributed by atoms with van der Waals surface area (Å²) in [6, 6.07) is 13.7. The summed E-state index contributed by atoms with van der Waals surface area (Å²) in [5.74, 6) is -0.369. The number of thiol groups is 1. The van der Waals surface area contributed by atoms with Gasteiger partial charge >= 0.3 is 0 Å². The van der Waals surface area contributed by atoms with E-state index in [0.717, 1.165) is 31.2 Å². The number of carbonyl (C=O) groups excluding carboxylic acids is 3. The van der Waals surface area contributed by atoms with E-state index in [1.54, 1.807) is 35.2 Å². The summed E-state index contributed by atoms with van der Waals surface area (Å²) >= 11 is 4.37. The third-order valence-corrected chi connectivity index (χ3v) is 9.12. The molecule has 0 heterocycles. The Morgan fingerprint density at radius 2 is 1.64 bits per heavy atom. The summed E-state index contributed by atoms with van der Waals surface area (Å²) < 4.78 is 27.7. The first-order valence-electron chi connectivity index (χ1n) is 14.7. The highest BCUT2D eigenvalue weighted by atomic mass is 32.2. The first kappa shape index (κ1) is 33.6. The van der Waals surface area contributed by atoms with Crippen LogP contribution in [0.1, 0.15) is 70.8 Å². The van der Waals surface area contributed by atoms with Gasteiger partial charge in [0.1, 0.15) is 6.10 Å². The number of aliphatic hydroxyl groups is 1. The molecule has 0 aliphatic heterocycles. The van der Waals surface area contributed by atoms with E-state index in [9.17, 15) is 27.9 Å². The van der Waals surface area contributed by atoms with Gasteiger partial charge in [0.05, 0.1) is 4.90 Å². The molecule has 2 aromatic rings. The van der Waals surface area contributed by atoms with Crippen LogP contribution in [0.3, 0.4) is 0 Å². The minimum Gasteiger partial charge on any atom is -0.384 e. The zero-order valence-electron chi connectivity index (χ0n) is 24.5. The van der Waals surface area contributed by atoms with Gasteiger partial charge in [-0.05, 0) is 43.4 Å². The molecule has 1 saturated carbocycles. The van der Waals surface area contributed by atoms with Crippen molar-refractivity contribution in [3.05, 3.63) is 54.1 Å². The zero-order valence-corrected chi connectivity index (χ0v) is 26.2. The number of benzene rings is 2. The largest absolute Gasteiger partial charge is 0.384 e. The number of hydrogen-bond acceptors (Lipinski definition) is 7. The van der Waals surface area contributed by atoms with Crippen molar-refractivity contribution in [3.63, 3.8) is 0 Å². The molecule has 1 fully saturated rings. The summed E-state index contributed by atoms with van der Waals surface area (Å²) in [6.45, 7) is 4.39. The van der Waals surface area contributed by atoms with Crippen molar-refractivity contribution in [2.75, 3.05) is 18.8 Å². The third-order valence-electron chi connectivity index (χ3n) is 7.52. The van der Waals surface area contributed by atoms with E-state index >= 15 is 0 Å². The molecule has 2 N–H and O–H groups in total. The highest BCUT2D eigenvalue weighted by molar-refractivity contribution is 7.90. The van der Waals surface area contributed by atoms with E-state index in [1.807, 2.05) is 28.7 Å². The molecule has 1 aliphatic carbocycles. The Kier molecular flexibility index (Phi) is 12.9. The maximum atomic E-state index is 13.3. The van der Waals surface area contributed by atoms with Gasteiger partial charge in [-0.25, -0.2) is 13.1 Å². The maximum Gasteiger partial charge on any atom is 0.264 e. The molecule has 230 valence electrons. The molecule has 3 amide bonds. The summed E-state index contributed by atoms with van der Waals surface area (Å²) in [4.78, 5) is 41.7. The van der Waals surface area contributed by atoms with E-state index in [2.05, 4.69) is 12.6 Å². The fourth-order valence-corrected chi connectivity index (χ4v) is 6.77. The molecule has 9 nitrogen and oxygen atoms in total. The molecule has 3 rings (SSSR count). The second-order valence-electron chi connectivity index (χ2n) is 10.8. The number of carbonyl (C=O) groups is 3. The molecule has 11 heteroatoms. The molecule has 1 aliphatic rings. The van der Waals surface area contributed by atoms with E-state index in [0.29, 0.717) is 49.4 Å². The predicted molar refractivity (Wildman–Crippen MR) is 166 cm³/mol. The molecule has 0 radical (unpaired) electrons. The molecular weight excluding hydrogens is 574 g/mol. The average molecular weight is 618 g/mol. The summed E-state index contributed by atoms with van der Waals surface area (Å²) in [6.07, 6.45) is 5.36. The molecule has 42 heavy (non-hydrogen) atoms. The van der Waals surface area contributed by atoms with Gasteiger partial charge in [0.15, 0.2) is 0 Å². The van der Waals surface area contributed by atoms with Crippen molar-refractivity contribution in [3.8, 4) is 11.1 Å². The highest BCUT2D eigenvalue weighted by Crippen LogP contribution is 2.28. The summed E-state index contributed by atoms with van der Waals surface area (Å²) in [5.41, 5.74) is 1.85. The number of rotatable bonds is 14. The topological polar surface area (TPSA) is 124 Å². The Morgan fingerprint density at radius 1 is 0.976 bits per heavy atom.